The Morgan fingerprint density at radius 2 is 2.16 bits per heavy atom. The zero-order chi connectivity index (χ0) is 17.8. The maximum atomic E-state index is 12.3. The van der Waals surface area contributed by atoms with Crippen LogP contribution in [0.2, 0.25) is 10.0 Å². The molecule has 25 heavy (non-hydrogen) atoms. The molecule has 1 aromatic heterocycles. The molecular weight excluding hydrogens is 363 g/mol. The fraction of sp³-hybridized carbons (Fsp3) is 0.333. The first-order valence-corrected chi connectivity index (χ1v) is 8.72. The SMILES string of the molecule is Cc1ccc(OC2CCN(C(=O)COc3ccc(Cl)cc3Cl)C2)nc1. The number of halogens is 2. The van der Waals surface area contributed by atoms with Crippen LogP contribution in [0.3, 0.4) is 0 Å². The topological polar surface area (TPSA) is 51.7 Å². The van der Waals surface area contributed by atoms with E-state index in [0.717, 1.165) is 12.0 Å². The van der Waals surface area contributed by atoms with Gasteiger partial charge in [-0.3, -0.25) is 4.79 Å². The molecule has 1 saturated heterocycles. The number of benzene rings is 1. The van der Waals surface area contributed by atoms with E-state index in [1.807, 2.05) is 19.1 Å². The first-order valence-electron chi connectivity index (χ1n) is 7.96. The summed E-state index contributed by atoms with van der Waals surface area (Å²) in [5, 5.41) is 0.904. The summed E-state index contributed by atoms with van der Waals surface area (Å²) in [7, 11) is 0. The molecule has 5 nitrogen and oxygen atoms in total. The first kappa shape index (κ1) is 17.8. The standard InChI is InChI=1S/C18H18Cl2N2O3/c1-12-2-5-17(21-9-12)25-14-6-7-22(10-14)18(23)11-24-16-4-3-13(19)8-15(16)20/h2-5,8-9,14H,6-7,10-11H2,1H3. The van der Waals surface area contributed by atoms with Gasteiger partial charge in [-0.2, -0.15) is 0 Å². The number of aromatic nitrogens is 1. The molecule has 2 aromatic rings. The second-order valence-corrected chi connectivity index (χ2v) is 6.75. The summed E-state index contributed by atoms with van der Waals surface area (Å²) >= 11 is 11.9. The van der Waals surface area contributed by atoms with E-state index in [1.54, 1.807) is 29.3 Å². The number of nitrogens with zero attached hydrogens (tertiary/aromatic N) is 2. The van der Waals surface area contributed by atoms with Gasteiger partial charge < -0.3 is 14.4 Å². The molecule has 1 unspecified atom stereocenters. The zero-order valence-electron chi connectivity index (χ0n) is 13.7. The highest BCUT2D eigenvalue weighted by atomic mass is 35.5. The van der Waals surface area contributed by atoms with Crippen LogP contribution in [-0.2, 0) is 4.79 Å². The number of carbonyl (C=O) groups is 1. The van der Waals surface area contributed by atoms with E-state index < -0.39 is 0 Å². The van der Waals surface area contributed by atoms with Crippen LogP contribution in [-0.4, -0.2) is 41.6 Å². The van der Waals surface area contributed by atoms with Crippen LogP contribution in [0.25, 0.3) is 0 Å². The Labute approximate surface area is 156 Å². The molecule has 1 aromatic carbocycles. The van der Waals surface area contributed by atoms with Crippen LogP contribution in [0.5, 0.6) is 11.6 Å². The predicted molar refractivity (Wildman–Crippen MR) is 96.5 cm³/mol. The number of hydrogen-bond donors (Lipinski definition) is 0. The van der Waals surface area contributed by atoms with Crippen LogP contribution in [0.15, 0.2) is 36.5 Å². The Kier molecular flexibility index (Phi) is 5.66. The van der Waals surface area contributed by atoms with Gasteiger partial charge >= 0.3 is 0 Å². The lowest BCUT2D eigenvalue weighted by Gasteiger charge is -2.17. The molecule has 0 bridgehead atoms. The lowest BCUT2D eigenvalue weighted by atomic mass is 10.3. The third kappa shape index (κ3) is 4.77. The Morgan fingerprint density at radius 1 is 1.32 bits per heavy atom. The smallest absolute Gasteiger partial charge is 0.260 e. The minimum Gasteiger partial charge on any atom is -0.482 e. The zero-order valence-corrected chi connectivity index (χ0v) is 15.3. The van der Waals surface area contributed by atoms with Crippen LogP contribution in [0.1, 0.15) is 12.0 Å². The van der Waals surface area contributed by atoms with Crippen molar-refractivity contribution in [2.45, 2.75) is 19.4 Å². The van der Waals surface area contributed by atoms with Crippen LogP contribution in [0.4, 0.5) is 0 Å². The van der Waals surface area contributed by atoms with Gasteiger partial charge in [0.15, 0.2) is 6.61 Å². The third-order valence-electron chi connectivity index (χ3n) is 3.91. The van der Waals surface area contributed by atoms with Crippen molar-refractivity contribution in [3.8, 4) is 11.6 Å². The van der Waals surface area contributed by atoms with Gasteiger partial charge in [0.05, 0.1) is 11.6 Å². The van der Waals surface area contributed by atoms with Gasteiger partial charge in [0.1, 0.15) is 11.9 Å². The molecule has 132 valence electrons. The summed E-state index contributed by atoms with van der Waals surface area (Å²) in [4.78, 5) is 18.3. The van der Waals surface area contributed by atoms with E-state index in [2.05, 4.69) is 4.98 Å². The molecule has 1 fully saturated rings. The monoisotopic (exact) mass is 380 g/mol. The predicted octanol–water partition coefficient (Wildman–Crippen LogP) is 3.76. The molecule has 3 rings (SSSR count). The number of amides is 1. The highest BCUT2D eigenvalue weighted by Crippen LogP contribution is 2.27. The first-order chi connectivity index (χ1) is 12.0. The van der Waals surface area contributed by atoms with E-state index in [-0.39, 0.29) is 18.6 Å². The number of rotatable bonds is 5. The second-order valence-electron chi connectivity index (χ2n) is 5.91. The fourth-order valence-electron chi connectivity index (χ4n) is 2.57. The van der Waals surface area contributed by atoms with Crippen molar-refractivity contribution >= 4 is 29.1 Å². The molecular formula is C18H18Cl2N2O3. The molecule has 2 heterocycles. The molecule has 0 saturated carbocycles. The number of pyridine rings is 1. The minimum atomic E-state index is -0.103. The average molecular weight is 381 g/mol. The Balaban J connectivity index is 1.49. The number of carbonyl (C=O) groups excluding carboxylic acids is 1. The van der Waals surface area contributed by atoms with Gasteiger partial charge in [0.2, 0.25) is 5.88 Å². The van der Waals surface area contributed by atoms with Crippen LogP contribution >= 0.6 is 23.2 Å². The Bertz CT molecular complexity index is 752. The highest BCUT2D eigenvalue weighted by molar-refractivity contribution is 6.35. The number of aryl methyl sites for hydroxylation is 1. The number of ether oxygens (including phenoxy) is 2. The van der Waals surface area contributed by atoms with E-state index in [1.165, 1.54) is 0 Å². The quantitative estimate of drug-likeness (QED) is 0.792. The number of likely N-dealkylation sites (tertiary alicyclic amines) is 1. The van der Waals surface area contributed by atoms with E-state index in [4.69, 9.17) is 32.7 Å². The lowest BCUT2D eigenvalue weighted by molar-refractivity contribution is -0.132. The maximum absolute atomic E-state index is 12.3. The van der Waals surface area contributed by atoms with Crippen molar-refractivity contribution in [3.05, 3.63) is 52.1 Å². The van der Waals surface area contributed by atoms with Crippen molar-refractivity contribution in [1.82, 2.24) is 9.88 Å². The largest absolute Gasteiger partial charge is 0.482 e. The van der Waals surface area contributed by atoms with E-state index >= 15 is 0 Å². The molecule has 1 atom stereocenters. The van der Waals surface area contributed by atoms with Crippen molar-refractivity contribution in [3.63, 3.8) is 0 Å². The molecule has 0 aliphatic carbocycles. The highest BCUT2D eigenvalue weighted by Gasteiger charge is 2.28. The van der Waals surface area contributed by atoms with Crippen molar-refractivity contribution in [1.29, 1.82) is 0 Å². The molecule has 1 aliphatic rings. The van der Waals surface area contributed by atoms with Crippen molar-refractivity contribution in [2.24, 2.45) is 0 Å². The molecule has 1 aliphatic heterocycles. The van der Waals surface area contributed by atoms with Gasteiger partial charge in [-0.1, -0.05) is 29.3 Å². The van der Waals surface area contributed by atoms with Gasteiger partial charge in [-0.05, 0) is 30.7 Å². The summed E-state index contributed by atoms with van der Waals surface area (Å²) in [6.07, 6.45) is 2.47. The maximum Gasteiger partial charge on any atom is 0.260 e. The Hall–Kier alpha value is -1.98. The molecule has 0 spiro atoms. The Morgan fingerprint density at radius 3 is 2.88 bits per heavy atom. The van der Waals surface area contributed by atoms with Crippen molar-refractivity contribution in [2.75, 3.05) is 19.7 Å². The molecule has 0 N–H and O–H groups in total. The van der Waals surface area contributed by atoms with Gasteiger partial charge in [0, 0.05) is 30.3 Å². The lowest BCUT2D eigenvalue weighted by Crippen LogP contribution is -2.34. The fourth-order valence-corrected chi connectivity index (χ4v) is 3.03. The van der Waals surface area contributed by atoms with Crippen molar-refractivity contribution < 1.29 is 14.3 Å². The second kappa shape index (κ2) is 7.93. The molecule has 7 heteroatoms. The normalized spacial score (nSPS) is 16.8. The molecule has 0 radical (unpaired) electrons. The molecule has 1 amide bonds. The van der Waals surface area contributed by atoms with E-state index in [9.17, 15) is 4.79 Å². The summed E-state index contributed by atoms with van der Waals surface area (Å²) in [6.45, 7) is 3.05. The van der Waals surface area contributed by atoms with Gasteiger partial charge in [0.25, 0.3) is 5.91 Å². The van der Waals surface area contributed by atoms with Gasteiger partial charge in [-0.15, -0.1) is 0 Å². The summed E-state index contributed by atoms with van der Waals surface area (Å²) in [5.74, 6) is 0.915. The number of hydrogen-bond acceptors (Lipinski definition) is 4. The third-order valence-corrected chi connectivity index (χ3v) is 4.44. The summed E-state index contributed by atoms with van der Waals surface area (Å²) in [5.41, 5.74) is 1.08. The van der Waals surface area contributed by atoms with E-state index in [0.29, 0.717) is 34.8 Å². The summed E-state index contributed by atoms with van der Waals surface area (Å²) in [6, 6.07) is 8.69. The van der Waals surface area contributed by atoms with Crippen LogP contribution < -0.4 is 9.47 Å². The minimum absolute atomic E-state index is 0.0572. The van der Waals surface area contributed by atoms with Gasteiger partial charge in [-0.25, -0.2) is 4.98 Å². The van der Waals surface area contributed by atoms with Crippen LogP contribution in [0, 0.1) is 6.92 Å². The average Bonchev–Trinajstić information content (AvgIpc) is 3.04. The summed E-state index contributed by atoms with van der Waals surface area (Å²) < 4.78 is 11.3.